The van der Waals surface area contributed by atoms with Crippen molar-refractivity contribution in [3.8, 4) is 11.5 Å². The summed E-state index contributed by atoms with van der Waals surface area (Å²) in [6.07, 6.45) is 4.09. The minimum absolute atomic E-state index is 0.139. The van der Waals surface area contributed by atoms with Gasteiger partial charge in [0.15, 0.2) is 5.82 Å². The summed E-state index contributed by atoms with van der Waals surface area (Å²) in [6.45, 7) is 4.75. The van der Waals surface area contributed by atoms with Gasteiger partial charge < -0.3 is 14.6 Å². The highest BCUT2D eigenvalue weighted by Crippen LogP contribution is 2.20. The number of ether oxygens (including phenoxy) is 1. The van der Waals surface area contributed by atoms with Gasteiger partial charge in [-0.3, -0.25) is 4.79 Å². The largest absolute Gasteiger partial charge is 0.368 e. The van der Waals surface area contributed by atoms with E-state index in [1.807, 2.05) is 16.7 Å². The third kappa shape index (κ3) is 3.56. The number of hydrogen-bond acceptors (Lipinski definition) is 5. The molecule has 3 rings (SSSR count). The number of nitrogens with zero attached hydrogens (tertiary/aromatic N) is 4. The van der Waals surface area contributed by atoms with Crippen LogP contribution in [0, 0.1) is 0 Å². The fraction of sp³-hybridized carbons (Fsp3) is 0.500. The fourth-order valence-corrected chi connectivity index (χ4v) is 2.59. The van der Waals surface area contributed by atoms with Crippen LogP contribution in [-0.2, 0) is 9.53 Å². The summed E-state index contributed by atoms with van der Waals surface area (Å²) in [7, 11) is 0. The number of pyridine rings is 1. The van der Waals surface area contributed by atoms with Gasteiger partial charge in [0.25, 0.3) is 5.91 Å². The van der Waals surface area contributed by atoms with E-state index in [-0.39, 0.29) is 18.1 Å². The zero-order chi connectivity index (χ0) is 16.2. The summed E-state index contributed by atoms with van der Waals surface area (Å²) in [5, 5.41) is 10.9. The number of aromatic nitrogens is 4. The molecule has 1 N–H and O–H groups in total. The van der Waals surface area contributed by atoms with Gasteiger partial charge in [-0.05, 0) is 45.2 Å². The number of rotatable bonds is 4. The van der Waals surface area contributed by atoms with Gasteiger partial charge in [0.1, 0.15) is 23.9 Å². The van der Waals surface area contributed by atoms with Crippen LogP contribution in [0.1, 0.15) is 39.2 Å². The topological polar surface area (TPSA) is 81.9 Å². The first-order chi connectivity index (χ1) is 11.1. The molecule has 0 radical (unpaired) electrons. The van der Waals surface area contributed by atoms with Crippen LogP contribution in [0.2, 0.25) is 0 Å². The molecule has 7 nitrogen and oxygen atoms in total. The quantitative estimate of drug-likeness (QED) is 0.937. The molecule has 3 heterocycles. The summed E-state index contributed by atoms with van der Waals surface area (Å²) >= 11 is 0. The molecule has 0 bridgehead atoms. The van der Waals surface area contributed by atoms with Gasteiger partial charge in [0, 0.05) is 12.6 Å². The van der Waals surface area contributed by atoms with Crippen molar-refractivity contribution in [2.24, 2.45) is 0 Å². The molecule has 1 aliphatic heterocycles. The van der Waals surface area contributed by atoms with E-state index < -0.39 is 0 Å². The predicted molar refractivity (Wildman–Crippen MR) is 85.9 cm³/mol. The highest BCUT2D eigenvalue weighted by atomic mass is 16.5. The maximum atomic E-state index is 12.2. The average molecular weight is 315 g/mol. The van der Waals surface area contributed by atoms with E-state index >= 15 is 0 Å². The minimum atomic E-state index is -0.381. The molecular formula is C16H21N5O2. The molecule has 1 aliphatic rings. The Bertz CT molecular complexity index is 677. The summed E-state index contributed by atoms with van der Waals surface area (Å²) in [5.41, 5.74) is 0.679. The molecule has 0 aromatic carbocycles. The van der Waals surface area contributed by atoms with E-state index in [4.69, 9.17) is 4.74 Å². The Kier molecular flexibility index (Phi) is 4.66. The lowest BCUT2D eigenvalue weighted by molar-refractivity contribution is -0.130. The Morgan fingerprint density at radius 3 is 3.00 bits per heavy atom. The third-order valence-electron chi connectivity index (χ3n) is 3.83. The number of anilines is 1. The fourth-order valence-electron chi connectivity index (χ4n) is 2.59. The molecular weight excluding hydrogens is 294 g/mol. The SMILES string of the molecule is CC(C)n1cnnc1-c1cccc(NC(=O)[C@H]2CCCCO2)n1. The van der Waals surface area contributed by atoms with E-state index in [0.717, 1.165) is 19.3 Å². The number of nitrogens with one attached hydrogen (secondary N) is 1. The van der Waals surface area contributed by atoms with Crippen LogP contribution in [0.4, 0.5) is 5.82 Å². The van der Waals surface area contributed by atoms with Gasteiger partial charge in [-0.15, -0.1) is 10.2 Å². The molecule has 2 aromatic heterocycles. The number of amides is 1. The molecule has 0 spiro atoms. The van der Waals surface area contributed by atoms with Crippen LogP contribution < -0.4 is 5.32 Å². The Morgan fingerprint density at radius 2 is 2.26 bits per heavy atom. The van der Waals surface area contributed by atoms with Crippen molar-refractivity contribution in [1.82, 2.24) is 19.7 Å². The number of carbonyl (C=O) groups is 1. The van der Waals surface area contributed by atoms with Gasteiger partial charge in [0.2, 0.25) is 0 Å². The van der Waals surface area contributed by atoms with E-state index in [2.05, 4.69) is 34.3 Å². The first-order valence-corrected chi connectivity index (χ1v) is 7.94. The predicted octanol–water partition coefficient (Wildman–Crippen LogP) is 2.43. The Morgan fingerprint density at radius 1 is 1.39 bits per heavy atom. The Labute approximate surface area is 135 Å². The Balaban J connectivity index is 1.77. The van der Waals surface area contributed by atoms with E-state index in [1.54, 1.807) is 12.4 Å². The third-order valence-corrected chi connectivity index (χ3v) is 3.83. The number of hydrogen-bond donors (Lipinski definition) is 1. The number of carbonyl (C=O) groups excluding carboxylic acids is 1. The van der Waals surface area contributed by atoms with Gasteiger partial charge in [-0.1, -0.05) is 6.07 Å². The standard InChI is InChI=1S/C16H21N5O2/c1-11(2)21-10-17-20-15(21)12-6-5-8-14(18-12)19-16(22)13-7-3-4-9-23-13/h5-6,8,10-11,13H,3-4,7,9H2,1-2H3,(H,18,19,22)/t13-/m1/s1. The second-order valence-electron chi connectivity index (χ2n) is 5.91. The minimum Gasteiger partial charge on any atom is -0.368 e. The summed E-state index contributed by atoms with van der Waals surface area (Å²) in [6, 6.07) is 5.70. The van der Waals surface area contributed by atoms with Crippen LogP contribution in [0.15, 0.2) is 24.5 Å². The zero-order valence-corrected chi connectivity index (χ0v) is 13.4. The monoisotopic (exact) mass is 315 g/mol. The van der Waals surface area contributed by atoms with Crippen molar-refractivity contribution in [3.63, 3.8) is 0 Å². The van der Waals surface area contributed by atoms with Gasteiger partial charge in [-0.25, -0.2) is 4.98 Å². The van der Waals surface area contributed by atoms with Crippen LogP contribution in [0.25, 0.3) is 11.5 Å². The Hall–Kier alpha value is -2.28. The molecule has 0 aliphatic carbocycles. The summed E-state index contributed by atoms with van der Waals surface area (Å²) in [5.74, 6) is 1.05. The average Bonchev–Trinajstić information content (AvgIpc) is 3.06. The van der Waals surface area contributed by atoms with Crippen molar-refractivity contribution in [2.75, 3.05) is 11.9 Å². The molecule has 122 valence electrons. The molecule has 1 atom stereocenters. The van der Waals surface area contributed by atoms with E-state index in [9.17, 15) is 4.79 Å². The van der Waals surface area contributed by atoms with Crippen molar-refractivity contribution in [2.45, 2.75) is 45.3 Å². The lowest BCUT2D eigenvalue weighted by Gasteiger charge is -2.21. The van der Waals surface area contributed by atoms with Gasteiger partial charge in [-0.2, -0.15) is 0 Å². The van der Waals surface area contributed by atoms with Crippen LogP contribution in [-0.4, -0.2) is 38.4 Å². The smallest absolute Gasteiger partial charge is 0.254 e. The van der Waals surface area contributed by atoms with Crippen molar-refractivity contribution >= 4 is 11.7 Å². The maximum absolute atomic E-state index is 12.2. The zero-order valence-electron chi connectivity index (χ0n) is 13.4. The highest BCUT2D eigenvalue weighted by Gasteiger charge is 2.22. The molecule has 7 heteroatoms. The second-order valence-corrected chi connectivity index (χ2v) is 5.91. The first kappa shape index (κ1) is 15.6. The van der Waals surface area contributed by atoms with Crippen molar-refractivity contribution in [1.29, 1.82) is 0 Å². The maximum Gasteiger partial charge on any atom is 0.254 e. The van der Waals surface area contributed by atoms with Crippen molar-refractivity contribution in [3.05, 3.63) is 24.5 Å². The van der Waals surface area contributed by atoms with Crippen molar-refractivity contribution < 1.29 is 9.53 Å². The lowest BCUT2D eigenvalue weighted by Crippen LogP contribution is -2.33. The molecule has 0 saturated carbocycles. The molecule has 2 aromatic rings. The molecule has 0 unspecified atom stereocenters. The summed E-state index contributed by atoms with van der Waals surface area (Å²) in [4.78, 5) is 16.7. The van der Waals surface area contributed by atoms with Gasteiger partial charge in [0.05, 0.1) is 0 Å². The molecule has 1 amide bonds. The molecule has 1 fully saturated rings. The lowest BCUT2D eigenvalue weighted by atomic mass is 10.1. The highest BCUT2D eigenvalue weighted by molar-refractivity contribution is 5.93. The van der Waals surface area contributed by atoms with Crippen LogP contribution in [0.5, 0.6) is 0 Å². The summed E-state index contributed by atoms with van der Waals surface area (Å²) < 4.78 is 7.44. The van der Waals surface area contributed by atoms with Crippen LogP contribution >= 0.6 is 0 Å². The first-order valence-electron chi connectivity index (χ1n) is 7.94. The van der Waals surface area contributed by atoms with E-state index in [0.29, 0.717) is 23.9 Å². The second kappa shape index (κ2) is 6.87. The van der Waals surface area contributed by atoms with Gasteiger partial charge >= 0.3 is 0 Å². The molecule has 23 heavy (non-hydrogen) atoms. The molecule has 1 saturated heterocycles. The van der Waals surface area contributed by atoms with E-state index in [1.165, 1.54) is 0 Å². The van der Waals surface area contributed by atoms with Crippen LogP contribution in [0.3, 0.4) is 0 Å². The normalized spacial score (nSPS) is 18.1.